The Hall–Kier alpha value is -1.94. The van der Waals surface area contributed by atoms with E-state index in [9.17, 15) is 43.2 Å². The van der Waals surface area contributed by atoms with Crippen LogP contribution in [0.1, 0.15) is 408 Å². The Morgan fingerprint density at radius 2 is 0.469 bits per heavy atom. The molecule has 0 aliphatic carbocycles. The molecular formula is C79H154O17P2. The summed E-state index contributed by atoms with van der Waals surface area (Å²) in [5, 5.41) is 10.6. The van der Waals surface area contributed by atoms with Crippen LogP contribution in [0.15, 0.2) is 0 Å². The van der Waals surface area contributed by atoms with E-state index in [0.29, 0.717) is 25.7 Å². The number of esters is 4. The number of ether oxygens (including phenoxy) is 4. The maximum atomic E-state index is 13.1. The fourth-order valence-corrected chi connectivity index (χ4v) is 13.7. The lowest BCUT2D eigenvalue weighted by Gasteiger charge is -2.21. The zero-order valence-electron chi connectivity index (χ0n) is 64.3. The molecule has 0 aliphatic rings. The molecule has 0 amide bonds. The zero-order valence-corrected chi connectivity index (χ0v) is 66.0. The maximum absolute atomic E-state index is 13.1. The largest absolute Gasteiger partial charge is 0.472 e. The number of phosphoric acid groups is 2. The van der Waals surface area contributed by atoms with Crippen LogP contribution in [-0.4, -0.2) is 96.7 Å². The molecule has 0 aromatic carbocycles. The summed E-state index contributed by atoms with van der Waals surface area (Å²) < 4.78 is 68.7. The quantitative estimate of drug-likeness (QED) is 0.0222. The van der Waals surface area contributed by atoms with Gasteiger partial charge in [0.2, 0.25) is 0 Å². The number of hydrogen-bond acceptors (Lipinski definition) is 15. The Morgan fingerprint density at radius 3 is 0.694 bits per heavy atom. The van der Waals surface area contributed by atoms with Gasteiger partial charge < -0.3 is 33.8 Å². The van der Waals surface area contributed by atoms with Gasteiger partial charge in [0.15, 0.2) is 12.2 Å². The van der Waals surface area contributed by atoms with E-state index in [0.717, 1.165) is 108 Å². The number of carbonyl (C=O) groups is 4. The first kappa shape index (κ1) is 96.1. The first-order chi connectivity index (χ1) is 47.2. The summed E-state index contributed by atoms with van der Waals surface area (Å²) in [6, 6.07) is 0. The van der Waals surface area contributed by atoms with Crippen molar-refractivity contribution >= 4 is 39.5 Å². The van der Waals surface area contributed by atoms with Crippen molar-refractivity contribution in [1.82, 2.24) is 0 Å². The summed E-state index contributed by atoms with van der Waals surface area (Å²) >= 11 is 0. The topological polar surface area (TPSA) is 237 Å². The number of phosphoric ester groups is 2. The van der Waals surface area contributed by atoms with Crippen LogP contribution in [0, 0.1) is 17.8 Å². The van der Waals surface area contributed by atoms with Gasteiger partial charge in [-0.3, -0.25) is 37.3 Å². The van der Waals surface area contributed by atoms with Crippen molar-refractivity contribution in [2.24, 2.45) is 17.8 Å². The van der Waals surface area contributed by atoms with Crippen LogP contribution in [0.25, 0.3) is 0 Å². The number of carbonyl (C=O) groups excluding carboxylic acids is 4. The number of aliphatic hydroxyl groups is 1. The minimum Gasteiger partial charge on any atom is -0.462 e. The van der Waals surface area contributed by atoms with E-state index < -0.39 is 97.5 Å². The highest BCUT2D eigenvalue weighted by atomic mass is 31.2. The third-order valence-electron chi connectivity index (χ3n) is 18.4. The molecule has 0 aliphatic heterocycles. The van der Waals surface area contributed by atoms with Crippen LogP contribution < -0.4 is 0 Å². The van der Waals surface area contributed by atoms with Crippen LogP contribution in [0.3, 0.4) is 0 Å². The van der Waals surface area contributed by atoms with Gasteiger partial charge in [0.1, 0.15) is 19.3 Å². The predicted molar refractivity (Wildman–Crippen MR) is 400 cm³/mol. The van der Waals surface area contributed by atoms with Gasteiger partial charge in [-0.05, 0) is 43.4 Å². The molecule has 0 radical (unpaired) electrons. The Balaban J connectivity index is 5.25. The molecule has 3 N–H and O–H groups in total. The fourth-order valence-electron chi connectivity index (χ4n) is 12.1. The lowest BCUT2D eigenvalue weighted by atomic mass is 10.0. The lowest BCUT2D eigenvalue weighted by Crippen LogP contribution is -2.30. The average molecular weight is 1440 g/mol. The standard InChI is InChI=1S/C79H154O17P2/c1-8-9-10-11-12-13-14-25-32-39-46-53-60-76(81)89-67-75(96-79(84)63-56-49-42-35-28-31-38-45-52-59-72(6)7)69-94-98(87,88)92-65-73(80)64-91-97(85,86)93-68-74(66-90-77(82)61-54-47-40-33-26-22-18-20-24-30-37-44-51-58-71(4)5)95-78(83)62-55-48-41-34-27-21-17-15-16-19-23-29-36-43-50-57-70(2)3/h70-75,80H,8-69H2,1-7H3,(H,85,86)(H,87,88)/t73-,74-,75-/m1/s1. The highest BCUT2D eigenvalue weighted by Gasteiger charge is 2.30. The molecule has 0 spiro atoms. The van der Waals surface area contributed by atoms with E-state index in [1.807, 2.05) is 0 Å². The van der Waals surface area contributed by atoms with Crippen molar-refractivity contribution in [3.05, 3.63) is 0 Å². The Kier molecular flexibility index (Phi) is 68.1. The highest BCUT2D eigenvalue weighted by Crippen LogP contribution is 2.45. The summed E-state index contributed by atoms with van der Waals surface area (Å²) in [5.41, 5.74) is 0. The summed E-state index contributed by atoms with van der Waals surface area (Å²) in [7, 11) is -9.92. The number of aliphatic hydroxyl groups excluding tert-OH is 1. The molecule has 2 unspecified atom stereocenters. The van der Waals surface area contributed by atoms with Gasteiger partial charge in [-0.1, -0.05) is 357 Å². The average Bonchev–Trinajstić information content (AvgIpc) is 1.10. The van der Waals surface area contributed by atoms with Crippen LogP contribution >= 0.6 is 15.6 Å². The molecule has 0 rings (SSSR count). The van der Waals surface area contributed by atoms with Gasteiger partial charge in [0, 0.05) is 25.7 Å². The molecule has 0 saturated carbocycles. The monoisotopic (exact) mass is 1440 g/mol. The van der Waals surface area contributed by atoms with Crippen LogP contribution in [0.4, 0.5) is 0 Å². The van der Waals surface area contributed by atoms with Gasteiger partial charge in [0.25, 0.3) is 0 Å². The first-order valence-corrected chi connectivity index (χ1v) is 43.8. The molecule has 0 heterocycles. The number of hydrogen-bond donors (Lipinski definition) is 3. The zero-order chi connectivity index (χ0) is 72.3. The summed E-state index contributed by atoms with van der Waals surface area (Å²) in [6.45, 7) is 11.9. The molecule has 0 saturated heterocycles. The highest BCUT2D eigenvalue weighted by molar-refractivity contribution is 7.47. The maximum Gasteiger partial charge on any atom is 0.472 e. The van der Waals surface area contributed by atoms with E-state index in [1.54, 1.807) is 0 Å². The predicted octanol–water partition coefficient (Wildman–Crippen LogP) is 23.4. The van der Waals surface area contributed by atoms with Gasteiger partial charge in [-0.2, -0.15) is 0 Å². The minimum absolute atomic E-state index is 0.106. The van der Waals surface area contributed by atoms with E-state index in [2.05, 4.69) is 48.5 Å². The Labute approximate surface area is 600 Å². The summed E-state index contributed by atoms with van der Waals surface area (Å²) in [6.07, 6.45) is 56.8. The Morgan fingerprint density at radius 1 is 0.276 bits per heavy atom. The van der Waals surface area contributed by atoms with Crippen molar-refractivity contribution in [1.29, 1.82) is 0 Å². The van der Waals surface area contributed by atoms with Crippen molar-refractivity contribution in [3.63, 3.8) is 0 Å². The molecular weight excluding hydrogens is 1280 g/mol. The molecule has 0 aromatic rings. The van der Waals surface area contributed by atoms with Gasteiger partial charge in [0.05, 0.1) is 26.4 Å². The van der Waals surface area contributed by atoms with E-state index in [-0.39, 0.29) is 25.7 Å². The molecule has 0 bridgehead atoms. The van der Waals surface area contributed by atoms with Crippen molar-refractivity contribution in [2.75, 3.05) is 39.6 Å². The van der Waals surface area contributed by atoms with Crippen LogP contribution in [-0.2, 0) is 65.4 Å². The van der Waals surface area contributed by atoms with E-state index in [1.165, 1.54) is 218 Å². The molecule has 5 atom stereocenters. The molecule has 17 nitrogen and oxygen atoms in total. The second-order valence-corrected chi connectivity index (χ2v) is 32.8. The second kappa shape index (κ2) is 69.4. The summed E-state index contributed by atoms with van der Waals surface area (Å²) in [5.74, 6) is 0.218. The van der Waals surface area contributed by atoms with Gasteiger partial charge in [-0.15, -0.1) is 0 Å². The molecule has 0 aromatic heterocycles. The third kappa shape index (κ3) is 72.4. The second-order valence-electron chi connectivity index (χ2n) is 29.9. The minimum atomic E-state index is -4.96. The van der Waals surface area contributed by atoms with Crippen LogP contribution in [0.2, 0.25) is 0 Å². The van der Waals surface area contributed by atoms with E-state index in [4.69, 9.17) is 37.0 Å². The normalized spacial score (nSPS) is 14.0. The summed E-state index contributed by atoms with van der Waals surface area (Å²) in [4.78, 5) is 73.0. The first-order valence-electron chi connectivity index (χ1n) is 40.8. The molecule has 98 heavy (non-hydrogen) atoms. The fraction of sp³-hybridized carbons (Fsp3) is 0.949. The number of rotatable bonds is 77. The van der Waals surface area contributed by atoms with Crippen molar-refractivity contribution < 1.29 is 80.2 Å². The van der Waals surface area contributed by atoms with Gasteiger partial charge >= 0.3 is 39.5 Å². The third-order valence-corrected chi connectivity index (χ3v) is 20.3. The van der Waals surface area contributed by atoms with Gasteiger partial charge in [-0.25, -0.2) is 9.13 Å². The Bertz CT molecular complexity index is 1900. The lowest BCUT2D eigenvalue weighted by molar-refractivity contribution is -0.161. The molecule has 582 valence electrons. The number of unbranched alkanes of at least 4 members (excludes halogenated alkanes) is 45. The smallest absolute Gasteiger partial charge is 0.462 e. The van der Waals surface area contributed by atoms with E-state index >= 15 is 0 Å². The molecule has 19 heteroatoms. The van der Waals surface area contributed by atoms with Crippen molar-refractivity contribution in [2.45, 2.75) is 426 Å². The molecule has 0 fully saturated rings. The van der Waals surface area contributed by atoms with Crippen LogP contribution in [0.5, 0.6) is 0 Å². The SMILES string of the molecule is CCCCCCCCCCCCCCC(=O)OC[C@H](COP(=O)(O)OC[C@H](O)COP(=O)(O)OC[C@@H](COC(=O)CCCCCCCCCCCCCCCC(C)C)OC(=O)CCCCCCCCCCCCCCCCCC(C)C)OC(=O)CCCCCCCCCCCC(C)C. The van der Waals surface area contributed by atoms with Crippen molar-refractivity contribution in [3.8, 4) is 0 Å².